The van der Waals surface area contributed by atoms with Crippen molar-refractivity contribution in [3.8, 4) is 17.5 Å². The number of nitriles is 1. The summed E-state index contributed by atoms with van der Waals surface area (Å²) in [4.78, 5) is 9.16. The van der Waals surface area contributed by atoms with Crippen LogP contribution in [0.1, 0.15) is 16.8 Å². The Hall–Kier alpha value is -3.08. The van der Waals surface area contributed by atoms with Crippen molar-refractivity contribution < 1.29 is 8.42 Å². The number of fused-ring (bicyclic) bond motifs is 1. The van der Waals surface area contributed by atoms with Gasteiger partial charge in [-0.1, -0.05) is 36.4 Å². The molecule has 2 heterocycles. The monoisotopic (exact) mass is 376 g/mol. The Morgan fingerprint density at radius 2 is 1.89 bits per heavy atom. The molecule has 0 aliphatic carbocycles. The first-order valence-corrected chi connectivity index (χ1v) is 9.92. The second kappa shape index (κ2) is 6.91. The van der Waals surface area contributed by atoms with Gasteiger partial charge >= 0.3 is 0 Å². The summed E-state index contributed by atoms with van der Waals surface area (Å²) < 4.78 is 27.3. The lowest BCUT2D eigenvalue weighted by atomic mass is 10.1. The molecular formula is C20H16N4O2S. The van der Waals surface area contributed by atoms with Crippen LogP contribution < -0.4 is 0 Å². The molecule has 1 aliphatic rings. The lowest BCUT2D eigenvalue weighted by molar-refractivity contribution is 0.387. The Kier molecular flexibility index (Phi) is 4.44. The van der Waals surface area contributed by atoms with Crippen LogP contribution in [0, 0.1) is 11.3 Å². The molecule has 7 heteroatoms. The fraction of sp³-hybridized carbons (Fsp3) is 0.150. The lowest BCUT2D eigenvalue weighted by Gasteiger charge is -2.27. The van der Waals surface area contributed by atoms with E-state index >= 15 is 0 Å². The maximum atomic E-state index is 12.9. The van der Waals surface area contributed by atoms with E-state index in [0.717, 1.165) is 16.8 Å². The summed E-state index contributed by atoms with van der Waals surface area (Å²) in [5, 5.41) is 9.01. The minimum Gasteiger partial charge on any atom is -0.236 e. The molecule has 3 aromatic rings. The zero-order valence-corrected chi connectivity index (χ0v) is 15.2. The van der Waals surface area contributed by atoms with Gasteiger partial charge in [0, 0.05) is 36.8 Å². The average molecular weight is 376 g/mol. The summed E-state index contributed by atoms with van der Waals surface area (Å²) in [6.45, 7) is 0.570. The zero-order chi connectivity index (χ0) is 18.9. The summed E-state index contributed by atoms with van der Waals surface area (Å²) in [6.07, 6.45) is 2.23. The topological polar surface area (TPSA) is 87.0 Å². The molecule has 0 saturated heterocycles. The van der Waals surface area contributed by atoms with E-state index in [9.17, 15) is 8.42 Å². The highest BCUT2D eigenvalue weighted by molar-refractivity contribution is 7.89. The minimum atomic E-state index is -3.67. The van der Waals surface area contributed by atoms with Crippen molar-refractivity contribution in [2.45, 2.75) is 17.9 Å². The van der Waals surface area contributed by atoms with Crippen molar-refractivity contribution >= 4 is 10.0 Å². The largest absolute Gasteiger partial charge is 0.243 e. The molecule has 0 unspecified atom stereocenters. The fourth-order valence-corrected chi connectivity index (χ4v) is 4.56. The van der Waals surface area contributed by atoms with Gasteiger partial charge < -0.3 is 0 Å². The van der Waals surface area contributed by atoms with Crippen LogP contribution in [-0.2, 0) is 23.0 Å². The predicted octanol–water partition coefficient (Wildman–Crippen LogP) is 2.76. The Bertz CT molecular complexity index is 1140. The number of nitrogens with zero attached hydrogens (tertiary/aromatic N) is 4. The number of hydrogen-bond acceptors (Lipinski definition) is 5. The van der Waals surface area contributed by atoms with E-state index in [0.29, 0.717) is 24.4 Å². The summed E-state index contributed by atoms with van der Waals surface area (Å²) in [7, 11) is -3.67. The van der Waals surface area contributed by atoms with Crippen LogP contribution in [-0.4, -0.2) is 29.2 Å². The number of sulfonamides is 1. The first-order chi connectivity index (χ1) is 13.1. The Balaban J connectivity index is 1.62. The molecule has 0 fully saturated rings. The van der Waals surface area contributed by atoms with Gasteiger partial charge in [-0.25, -0.2) is 18.4 Å². The predicted molar refractivity (Wildman–Crippen MR) is 99.9 cm³/mol. The van der Waals surface area contributed by atoms with E-state index in [-0.39, 0.29) is 11.4 Å². The smallest absolute Gasteiger partial charge is 0.236 e. The molecule has 1 aliphatic heterocycles. The normalized spacial score (nSPS) is 14.3. The van der Waals surface area contributed by atoms with Gasteiger partial charge in [-0.15, -0.1) is 0 Å². The number of benzene rings is 2. The minimum absolute atomic E-state index is 0.131. The molecule has 6 nitrogen and oxygen atoms in total. The third-order valence-electron chi connectivity index (χ3n) is 4.53. The Morgan fingerprint density at radius 1 is 1.07 bits per heavy atom. The number of rotatable bonds is 3. The second-order valence-corrected chi connectivity index (χ2v) is 8.20. The average Bonchev–Trinajstić information content (AvgIpc) is 2.73. The number of hydrogen-bond donors (Lipinski definition) is 0. The van der Waals surface area contributed by atoms with Crippen LogP contribution in [0.25, 0.3) is 11.4 Å². The Morgan fingerprint density at radius 3 is 2.67 bits per heavy atom. The first kappa shape index (κ1) is 17.3. The van der Waals surface area contributed by atoms with Crippen LogP contribution in [0.3, 0.4) is 0 Å². The second-order valence-electron chi connectivity index (χ2n) is 6.26. The molecule has 0 atom stereocenters. The summed E-state index contributed by atoms with van der Waals surface area (Å²) in [6, 6.07) is 17.8. The standard InChI is InChI=1S/C20H16N4O2S/c21-12-15-5-4-8-18(11-15)27(25,26)24-10-9-19-17(14-24)13-22-20(23-19)16-6-2-1-3-7-16/h1-8,11,13H,9-10,14H2. The van der Waals surface area contributed by atoms with Gasteiger partial charge in [-0.2, -0.15) is 9.57 Å². The first-order valence-electron chi connectivity index (χ1n) is 8.48. The van der Waals surface area contributed by atoms with Crippen molar-refractivity contribution in [2.75, 3.05) is 6.54 Å². The molecule has 134 valence electrons. The van der Waals surface area contributed by atoms with Gasteiger partial charge in [-0.05, 0) is 18.2 Å². The van der Waals surface area contributed by atoms with Gasteiger partial charge in [0.15, 0.2) is 5.82 Å². The third kappa shape index (κ3) is 3.33. The molecule has 1 aromatic heterocycles. The van der Waals surface area contributed by atoms with Gasteiger partial charge in [0.25, 0.3) is 0 Å². The Labute approximate surface area is 157 Å². The van der Waals surface area contributed by atoms with E-state index in [4.69, 9.17) is 5.26 Å². The molecule has 0 N–H and O–H groups in total. The maximum Gasteiger partial charge on any atom is 0.243 e. The molecule has 0 bridgehead atoms. The van der Waals surface area contributed by atoms with Crippen molar-refractivity contribution in [3.63, 3.8) is 0 Å². The molecule has 2 aromatic carbocycles. The highest BCUT2D eigenvalue weighted by Crippen LogP contribution is 2.25. The van der Waals surface area contributed by atoms with E-state index < -0.39 is 10.0 Å². The lowest BCUT2D eigenvalue weighted by Crippen LogP contribution is -2.36. The van der Waals surface area contributed by atoms with Crippen LogP contribution in [0.2, 0.25) is 0 Å². The highest BCUT2D eigenvalue weighted by atomic mass is 32.2. The summed E-state index contributed by atoms with van der Waals surface area (Å²) >= 11 is 0. The van der Waals surface area contributed by atoms with Crippen molar-refractivity contribution in [1.82, 2.24) is 14.3 Å². The quantitative estimate of drug-likeness (QED) is 0.701. The molecule has 0 saturated carbocycles. The maximum absolute atomic E-state index is 12.9. The van der Waals surface area contributed by atoms with Crippen molar-refractivity contribution in [3.05, 3.63) is 77.6 Å². The summed E-state index contributed by atoms with van der Waals surface area (Å²) in [5.41, 5.74) is 2.94. The molecule has 0 spiro atoms. The van der Waals surface area contributed by atoms with Gasteiger partial charge in [0.05, 0.1) is 22.2 Å². The number of aromatic nitrogens is 2. The molecule has 27 heavy (non-hydrogen) atoms. The van der Waals surface area contributed by atoms with Crippen molar-refractivity contribution in [1.29, 1.82) is 5.26 Å². The van der Waals surface area contributed by atoms with Gasteiger partial charge in [0.2, 0.25) is 10.0 Å². The van der Waals surface area contributed by atoms with Crippen LogP contribution in [0.5, 0.6) is 0 Å². The van der Waals surface area contributed by atoms with Gasteiger partial charge in [0.1, 0.15) is 0 Å². The fourth-order valence-electron chi connectivity index (χ4n) is 3.10. The van der Waals surface area contributed by atoms with Crippen LogP contribution in [0.4, 0.5) is 0 Å². The van der Waals surface area contributed by atoms with Crippen molar-refractivity contribution in [2.24, 2.45) is 0 Å². The van der Waals surface area contributed by atoms with E-state index in [1.807, 2.05) is 36.4 Å². The van der Waals surface area contributed by atoms with E-state index in [1.54, 1.807) is 18.3 Å². The van der Waals surface area contributed by atoms with Crippen LogP contribution >= 0.6 is 0 Å². The highest BCUT2D eigenvalue weighted by Gasteiger charge is 2.29. The molecule has 0 radical (unpaired) electrons. The summed E-state index contributed by atoms with van der Waals surface area (Å²) in [5.74, 6) is 0.646. The van der Waals surface area contributed by atoms with Gasteiger partial charge in [-0.3, -0.25) is 0 Å². The van der Waals surface area contributed by atoms with E-state index in [2.05, 4.69) is 9.97 Å². The molecule has 0 amide bonds. The van der Waals surface area contributed by atoms with Crippen LogP contribution in [0.15, 0.2) is 65.7 Å². The zero-order valence-electron chi connectivity index (χ0n) is 14.4. The SMILES string of the molecule is N#Cc1cccc(S(=O)(=O)N2CCc3nc(-c4ccccc4)ncc3C2)c1. The molecular weight excluding hydrogens is 360 g/mol. The van der Waals surface area contributed by atoms with E-state index in [1.165, 1.54) is 16.4 Å². The third-order valence-corrected chi connectivity index (χ3v) is 6.37. The molecule has 4 rings (SSSR count).